The van der Waals surface area contributed by atoms with Crippen LogP contribution in [0.2, 0.25) is 0 Å². The summed E-state index contributed by atoms with van der Waals surface area (Å²) in [5, 5.41) is 0.621. The van der Waals surface area contributed by atoms with Crippen LogP contribution in [0.15, 0.2) is 91.6 Å². The van der Waals surface area contributed by atoms with Gasteiger partial charge < -0.3 is 4.74 Å². The smallest absolute Gasteiger partial charge is 0.271 e. The normalized spacial score (nSPS) is 16.5. The number of carbonyl (C=O) groups is 1. The summed E-state index contributed by atoms with van der Waals surface area (Å²) >= 11 is 8.39. The summed E-state index contributed by atoms with van der Waals surface area (Å²) in [7, 11) is 1.61. The molecule has 1 aliphatic rings. The highest BCUT2D eigenvalue weighted by molar-refractivity contribution is 9.11. The van der Waals surface area contributed by atoms with Crippen molar-refractivity contribution < 1.29 is 9.53 Å². The summed E-state index contributed by atoms with van der Waals surface area (Å²) in [5.41, 5.74) is 2.45. The number of hydrogen-bond acceptors (Lipinski definition) is 4. The molecule has 3 aromatic rings. The molecule has 0 unspecified atom stereocenters. The van der Waals surface area contributed by atoms with E-state index in [0.29, 0.717) is 15.8 Å². The first kappa shape index (κ1) is 20.9. The molecule has 1 aliphatic heterocycles. The first-order chi connectivity index (χ1) is 14.6. The van der Waals surface area contributed by atoms with Gasteiger partial charge in [-0.1, -0.05) is 36.4 Å². The summed E-state index contributed by atoms with van der Waals surface area (Å²) < 4.78 is 6.98. The highest BCUT2D eigenvalue weighted by atomic mass is 79.9. The molecular weight excluding hydrogens is 528 g/mol. The number of benzene rings is 3. The summed E-state index contributed by atoms with van der Waals surface area (Å²) in [6, 6.07) is 23.0. The molecular formula is C23H16Br2N2O2S. The van der Waals surface area contributed by atoms with E-state index in [-0.39, 0.29) is 5.91 Å². The van der Waals surface area contributed by atoms with Crippen molar-refractivity contribution in [2.24, 2.45) is 4.99 Å². The molecule has 4 rings (SSSR count). The fourth-order valence-electron chi connectivity index (χ4n) is 2.98. The number of rotatable bonds is 4. The molecule has 3 aromatic carbocycles. The third kappa shape index (κ3) is 4.38. The second kappa shape index (κ2) is 9.20. The SMILES string of the molecule is COc1c(Br)cc(/C=C2/SC(=Nc3ccccc3)N(c3ccccc3)C2=O)cc1Br. The number of amides is 1. The number of aliphatic imine (C=N–C) groups is 1. The molecule has 0 aliphatic carbocycles. The molecule has 0 aromatic heterocycles. The molecule has 7 heteroatoms. The molecule has 0 saturated carbocycles. The number of amidine groups is 1. The Morgan fingerprint density at radius 2 is 1.57 bits per heavy atom. The second-order valence-electron chi connectivity index (χ2n) is 6.33. The number of para-hydroxylation sites is 2. The van der Waals surface area contributed by atoms with Gasteiger partial charge in [0.2, 0.25) is 0 Å². The predicted molar refractivity (Wildman–Crippen MR) is 131 cm³/mol. The van der Waals surface area contributed by atoms with Crippen LogP contribution in [0.4, 0.5) is 11.4 Å². The van der Waals surface area contributed by atoms with Crippen LogP contribution in [-0.4, -0.2) is 18.2 Å². The van der Waals surface area contributed by atoms with Crippen LogP contribution in [0.5, 0.6) is 5.75 Å². The van der Waals surface area contributed by atoms with Crippen molar-refractivity contribution in [1.82, 2.24) is 0 Å². The largest absolute Gasteiger partial charge is 0.494 e. The number of thioether (sulfide) groups is 1. The highest BCUT2D eigenvalue weighted by Gasteiger charge is 2.34. The minimum absolute atomic E-state index is 0.107. The number of halogens is 2. The van der Waals surface area contributed by atoms with Crippen LogP contribution in [-0.2, 0) is 4.79 Å². The number of methoxy groups -OCH3 is 1. The molecule has 1 saturated heterocycles. The van der Waals surface area contributed by atoms with Gasteiger partial charge >= 0.3 is 0 Å². The lowest BCUT2D eigenvalue weighted by Gasteiger charge is -2.15. The van der Waals surface area contributed by atoms with Gasteiger partial charge in [-0.2, -0.15) is 0 Å². The zero-order chi connectivity index (χ0) is 21.1. The van der Waals surface area contributed by atoms with Crippen molar-refractivity contribution >= 4 is 72.1 Å². The molecule has 0 spiro atoms. The Labute approximate surface area is 195 Å². The first-order valence-corrected chi connectivity index (χ1v) is 11.4. The molecule has 150 valence electrons. The highest BCUT2D eigenvalue weighted by Crippen LogP contribution is 2.39. The van der Waals surface area contributed by atoms with Crippen LogP contribution in [0, 0.1) is 0 Å². The predicted octanol–water partition coefficient (Wildman–Crippen LogP) is 7.03. The second-order valence-corrected chi connectivity index (χ2v) is 9.05. The monoisotopic (exact) mass is 542 g/mol. The van der Waals surface area contributed by atoms with Gasteiger partial charge in [-0.3, -0.25) is 9.69 Å². The van der Waals surface area contributed by atoms with Crippen LogP contribution in [0.25, 0.3) is 6.08 Å². The number of anilines is 1. The number of hydrogen-bond donors (Lipinski definition) is 0. The van der Waals surface area contributed by atoms with Crippen LogP contribution in [0.3, 0.4) is 0 Å². The van der Waals surface area contributed by atoms with E-state index in [9.17, 15) is 4.79 Å². The molecule has 0 bridgehead atoms. The summed E-state index contributed by atoms with van der Waals surface area (Å²) in [5.74, 6) is 0.601. The van der Waals surface area contributed by atoms with E-state index in [1.165, 1.54) is 11.8 Å². The molecule has 1 amide bonds. The van der Waals surface area contributed by atoms with Gasteiger partial charge in [0, 0.05) is 0 Å². The van der Waals surface area contributed by atoms with E-state index in [0.717, 1.165) is 25.9 Å². The molecule has 1 heterocycles. The Kier molecular flexibility index (Phi) is 6.41. The van der Waals surface area contributed by atoms with Crippen LogP contribution in [0.1, 0.15) is 5.56 Å². The lowest BCUT2D eigenvalue weighted by molar-refractivity contribution is -0.113. The van der Waals surface area contributed by atoms with E-state index in [1.54, 1.807) is 12.0 Å². The zero-order valence-electron chi connectivity index (χ0n) is 15.9. The van der Waals surface area contributed by atoms with Crippen molar-refractivity contribution in [3.05, 3.63) is 92.2 Å². The molecule has 30 heavy (non-hydrogen) atoms. The van der Waals surface area contributed by atoms with Gasteiger partial charge in [0.1, 0.15) is 5.75 Å². The van der Waals surface area contributed by atoms with Gasteiger partial charge in [-0.05, 0) is 91.7 Å². The molecule has 0 atom stereocenters. The van der Waals surface area contributed by atoms with Crippen molar-refractivity contribution in [2.75, 3.05) is 12.0 Å². The summed E-state index contributed by atoms with van der Waals surface area (Å²) in [6.07, 6.45) is 1.87. The van der Waals surface area contributed by atoms with Gasteiger partial charge in [0.05, 0.1) is 32.3 Å². The fourth-order valence-corrected chi connectivity index (χ4v) is 5.52. The Bertz CT molecular complexity index is 1130. The van der Waals surface area contributed by atoms with Crippen LogP contribution >= 0.6 is 43.6 Å². The standard InChI is InChI=1S/C23H16Br2N2O2S/c1-29-21-18(24)12-15(13-19(21)25)14-20-22(28)27(17-10-6-3-7-11-17)23(30-20)26-16-8-4-2-5-9-16/h2-14H,1H3/b20-14+,26-23?. The summed E-state index contributed by atoms with van der Waals surface area (Å²) in [4.78, 5) is 20.3. The number of carbonyl (C=O) groups excluding carboxylic acids is 1. The van der Waals surface area contributed by atoms with Gasteiger partial charge in [0.15, 0.2) is 5.17 Å². The lowest BCUT2D eigenvalue weighted by Crippen LogP contribution is -2.28. The Hall–Kier alpha value is -2.35. The number of nitrogens with zero attached hydrogens (tertiary/aromatic N) is 2. The average Bonchev–Trinajstić information content (AvgIpc) is 3.04. The Morgan fingerprint density at radius 1 is 0.967 bits per heavy atom. The minimum Gasteiger partial charge on any atom is -0.494 e. The third-order valence-corrected chi connectivity index (χ3v) is 6.47. The van der Waals surface area contributed by atoms with Crippen molar-refractivity contribution in [3.63, 3.8) is 0 Å². The van der Waals surface area contributed by atoms with Gasteiger partial charge in [-0.15, -0.1) is 0 Å². The quantitative estimate of drug-likeness (QED) is 0.332. The topological polar surface area (TPSA) is 41.9 Å². The van der Waals surface area contributed by atoms with E-state index < -0.39 is 0 Å². The summed E-state index contributed by atoms with van der Waals surface area (Å²) in [6.45, 7) is 0. The maximum absolute atomic E-state index is 13.3. The first-order valence-electron chi connectivity index (χ1n) is 9.02. The van der Waals surface area contributed by atoms with E-state index >= 15 is 0 Å². The fraction of sp³-hybridized carbons (Fsp3) is 0.0435. The van der Waals surface area contributed by atoms with Crippen molar-refractivity contribution in [3.8, 4) is 5.75 Å². The average molecular weight is 544 g/mol. The van der Waals surface area contributed by atoms with E-state index in [1.807, 2.05) is 78.9 Å². The Morgan fingerprint density at radius 3 is 2.17 bits per heavy atom. The lowest BCUT2D eigenvalue weighted by atomic mass is 10.2. The molecule has 1 fully saturated rings. The zero-order valence-corrected chi connectivity index (χ0v) is 19.9. The van der Waals surface area contributed by atoms with Crippen molar-refractivity contribution in [2.45, 2.75) is 0 Å². The third-order valence-electron chi connectivity index (χ3n) is 4.32. The molecule has 0 N–H and O–H groups in total. The van der Waals surface area contributed by atoms with Crippen molar-refractivity contribution in [1.29, 1.82) is 0 Å². The van der Waals surface area contributed by atoms with Gasteiger partial charge in [-0.25, -0.2) is 4.99 Å². The maximum atomic E-state index is 13.3. The van der Waals surface area contributed by atoms with Gasteiger partial charge in [0.25, 0.3) is 5.91 Å². The number of ether oxygens (including phenoxy) is 1. The Balaban J connectivity index is 1.77. The van der Waals surface area contributed by atoms with E-state index in [2.05, 4.69) is 31.9 Å². The molecule has 4 nitrogen and oxygen atoms in total. The minimum atomic E-state index is -0.107. The van der Waals surface area contributed by atoms with Crippen LogP contribution < -0.4 is 9.64 Å². The maximum Gasteiger partial charge on any atom is 0.271 e. The molecule has 0 radical (unpaired) electrons. The van der Waals surface area contributed by atoms with E-state index in [4.69, 9.17) is 9.73 Å².